The second-order valence-corrected chi connectivity index (χ2v) is 5.64. The number of ether oxygens (including phenoxy) is 1. The van der Waals surface area contributed by atoms with Crippen molar-refractivity contribution in [1.82, 2.24) is 20.4 Å². The van der Waals surface area contributed by atoms with Crippen LogP contribution in [0.25, 0.3) is 11.5 Å². The molecule has 1 aliphatic rings. The molecule has 2 aromatic heterocycles. The predicted octanol–water partition coefficient (Wildman–Crippen LogP) is 2.51. The van der Waals surface area contributed by atoms with Crippen molar-refractivity contribution in [2.24, 2.45) is 0 Å². The van der Waals surface area contributed by atoms with Gasteiger partial charge in [-0.25, -0.2) is 4.98 Å². The highest BCUT2D eigenvalue weighted by Crippen LogP contribution is 2.26. The van der Waals surface area contributed by atoms with Crippen LogP contribution in [0, 0.1) is 0 Å². The SMILES string of the molecule is O=C(NCc1noc([C@H]2CCCO2)n1)c1coc(-c2ccccc2)n1. The third-order valence-electron chi connectivity index (χ3n) is 3.85. The average molecular weight is 340 g/mol. The molecule has 8 nitrogen and oxygen atoms in total. The number of benzene rings is 1. The molecule has 128 valence electrons. The second-order valence-electron chi connectivity index (χ2n) is 5.64. The van der Waals surface area contributed by atoms with Crippen molar-refractivity contribution in [3.63, 3.8) is 0 Å². The summed E-state index contributed by atoms with van der Waals surface area (Å²) >= 11 is 0. The van der Waals surface area contributed by atoms with Gasteiger partial charge in [0.05, 0.1) is 6.54 Å². The van der Waals surface area contributed by atoms with Gasteiger partial charge >= 0.3 is 0 Å². The lowest BCUT2D eigenvalue weighted by Gasteiger charge is -2.00. The Morgan fingerprint density at radius 3 is 2.92 bits per heavy atom. The minimum absolute atomic E-state index is 0.138. The number of nitrogens with zero attached hydrogens (tertiary/aromatic N) is 3. The van der Waals surface area contributed by atoms with Crippen molar-refractivity contribution in [1.29, 1.82) is 0 Å². The maximum atomic E-state index is 12.2. The van der Waals surface area contributed by atoms with Gasteiger partial charge in [0, 0.05) is 12.2 Å². The zero-order valence-electron chi connectivity index (χ0n) is 13.3. The van der Waals surface area contributed by atoms with E-state index < -0.39 is 0 Å². The Morgan fingerprint density at radius 1 is 1.24 bits per heavy atom. The number of nitrogens with one attached hydrogen (secondary N) is 1. The third kappa shape index (κ3) is 3.43. The Hall–Kier alpha value is -3.00. The largest absolute Gasteiger partial charge is 0.444 e. The molecular weight excluding hydrogens is 324 g/mol. The molecule has 25 heavy (non-hydrogen) atoms. The maximum Gasteiger partial charge on any atom is 0.273 e. The number of aromatic nitrogens is 3. The van der Waals surface area contributed by atoms with Crippen molar-refractivity contribution < 1.29 is 18.5 Å². The monoisotopic (exact) mass is 340 g/mol. The first kappa shape index (κ1) is 15.5. The van der Waals surface area contributed by atoms with E-state index in [0.717, 1.165) is 18.4 Å². The normalized spacial score (nSPS) is 16.9. The Balaban J connectivity index is 1.37. The molecule has 1 aliphatic heterocycles. The lowest BCUT2D eigenvalue weighted by atomic mass is 10.2. The Morgan fingerprint density at radius 2 is 2.12 bits per heavy atom. The van der Waals surface area contributed by atoms with Crippen molar-refractivity contribution >= 4 is 5.91 Å². The summed E-state index contributed by atoms with van der Waals surface area (Å²) in [5.74, 6) is 0.876. The number of hydrogen-bond donors (Lipinski definition) is 1. The van der Waals surface area contributed by atoms with Gasteiger partial charge in [-0.2, -0.15) is 4.98 Å². The van der Waals surface area contributed by atoms with E-state index in [4.69, 9.17) is 13.7 Å². The summed E-state index contributed by atoms with van der Waals surface area (Å²) in [6, 6.07) is 9.37. The zero-order valence-corrected chi connectivity index (χ0v) is 13.3. The first-order valence-corrected chi connectivity index (χ1v) is 8.03. The highest BCUT2D eigenvalue weighted by molar-refractivity contribution is 5.92. The van der Waals surface area contributed by atoms with Gasteiger partial charge in [0.25, 0.3) is 11.8 Å². The molecule has 0 aliphatic carbocycles. The molecule has 0 bridgehead atoms. The van der Waals surface area contributed by atoms with Gasteiger partial charge in [-0.05, 0) is 25.0 Å². The molecule has 0 unspecified atom stereocenters. The van der Waals surface area contributed by atoms with Gasteiger partial charge in [-0.1, -0.05) is 23.4 Å². The van der Waals surface area contributed by atoms with Crippen LogP contribution < -0.4 is 5.32 Å². The molecule has 0 saturated carbocycles. The molecule has 8 heteroatoms. The van der Waals surface area contributed by atoms with Gasteiger partial charge < -0.3 is 19.0 Å². The summed E-state index contributed by atoms with van der Waals surface area (Å²) < 4.78 is 16.0. The van der Waals surface area contributed by atoms with Crippen LogP contribution in [0.1, 0.15) is 41.1 Å². The van der Waals surface area contributed by atoms with Gasteiger partial charge in [-0.15, -0.1) is 0 Å². The maximum absolute atomic E-state index is 12.2. The number of carbonyl (C=O) groups is 1. The number of carbonyl (C=O) groups excluding carboxylic acids is 1. The van der Waals surface area contributed by atoms with Crippen LogP contribution in [0.15, 0.2) is 45.5 Å². The molecule has 3 heterocycles. The van der Waals surface area contributed by atoms with Crippen LogP contribution in [0.4, 0.5) is 0 Å². The highest BCUT2D eigenvalue weighted by Gasteiger charge is 2.24. The van der Waals surface area contributed by atoms with E-state index in [-0.39, 0.29) is 24.2 Å². The zero-order chi connectivity index (χ0) is 17.1. The first-order chi connectivity index (χ1) is 12.3. The van der Waals surface area contributed by atoms with Gasteiger partial charge in [-0.3, -0.25) is 4.79 Å². The number of oxazole rings is 1. The van der Waals surface area contributed by atoms with E-state index in [1.54, 1.807) is 0 Å². The molecule has 1 N–H and O–H groups in total. The molecule has 1 aromatic carbocycles. The van der Waals surface area contributed by atoms with Gasteiger partial charge in [0.1, 0.15) is 12.4 Å². The highest BCUT2D eigenvalue weighted by atomic mass is 16.5. The van der Waals surface area contributed by atoms with Crippen molar-refractivity contribution in [2.75, 3.05) is 6.61 Å². The molecular formula is C17H16N4O4. The summed E-state index contributed by atoms with van der Waals surface area (Å²) in [6.07, 6.45) is 3.04. The Labute approximate surface area is 143 Å². The fourth-order valence-corrected chi connectivity index (χ4v) is 2.58. The number of hydrogen-bond acceptors (Lipinski definition) is 7. The van der Waals surface area contributed by atoms with Crippen molar-refractivity contribution in [3.8, 4) is 11.5 Å². The molecule has 3 aromatic rings. The van der Waals surface area contributed by atoms with Crippen LogP contribution in [-0.2, 0) is 11.3 Å². The fourth-order valence-electron chi connectivity index (χ4n) is 2.58. The summed E-state index contributed by atoms with van der Waals surface area (Å²) in [7, 11) is 0. The van der Waals surface area contributed by atoms with Crippen LogP contribution >= 0.6 is 0 Å². The summed E-state index contributed by atoms with van der Waals surface area (Å²) in [6.45, 7) is 0.845. The van der Waals surface area contributed by atoms with Crippen molar-refractivity contribution in [2.45, 2.75) is 25.5 Å². The second kappa shape index (κ2) is 6.86. The van der Waals surface area contributed by atoms with E-state index in [0.29, 0.717) is 24.2 Å². The molecule has 0 spiro atoms. The quantitative estimate of drug-likeness (QED) is 0.761. The standard InChI is InChI=1S/C17H16N4O4/c22-15(12-10-24-16(19-12)11-5-2-1-3-6-11)18-9-14-20-17(25-21-14)13-7-4-8-23-13/h1-3,5-6,10,13H,4,7-9H2,(H,18,22)/t13-/m1/s1. The summed E-state index contributed by atoms with van der Waals surface area (Å²) in [4.78, 5) is 20.6. The lowest BCUT2D eigenvalue weighted by molar-refractivity contribution is 0.0835. The smallest absolute Gasteiger partial charge is 0.273 e. The molecule has 1 saturated heterocycles. The van der Waals surface area contributed by atoms with Crippen molar-refractivity contribution in [3.05, 3.63) is 54.0 Å². The minimum atomic E-state index is -0.366. The van der Waals surface area contributed by atoms with Gasteiger partial charge in [0.2, 0.25) is 5.89 Å². The van der Waals surface area contributed by atoms with Crippen LogP contribution in [-0.4, -0.2) is 27.6 Å². The Kier molecular flexibility index (Phi) is 4.26. The molecule has 4 rings (SSSR count). The summed E-state index contributed by atoms with van der Waals surface area (Å²) in [5.41, 5.74) is 1.00. The average Bonchev–Trinajstić information content (AvgIpc) is 3.41. The van der Waals surface area contributed by atoms with Crippen LogP contribution in [0.5, 0.6) is 0 Å². The fraction of sp³-hybridized carbons (Fsp3) is 0.294. The van der Waals surface area contributed by atoms with E-state index >= 15 is 0 Å². The Bertz CT molecular complexity index is 852. The summed E-state index contributed by atoms with van der Waals surface area (Å²) in [5, 5.41) is 6.55. The van der Waals surface area contributed by atoms with E-state index in [1.165, 1.54) is 6.26 Å². The minimum Gasteiger partial charge on any atom is -0.444 e. The molecule has 1 fully saturated rings. The molecule has 1 amide bonds. The van der Waals surface area contributed by atoms with E-state index in [9.17, 15) is 4.79 Å². The predicted molar refractivity (Wildman–Crippen MR) is 85.3 cm³/mol. The molecule has 1 atom stereocenters. The van der Waals surface area contributed by atoms with Gasteiger partial charge in [0.15, 0.2) is 11.5 Å². The van der Waals surface area contributed by atoms with Crippen LogP contribution in [0.3, 0.4) is 0 Å². The van der Waals surface area contributed by atoms with E-state index in [2.05, 4.69) is 20.4 Å². The molecule has 0 radical (unpaired) electrons. The van der Waals surface area contributed by atoms with Crippen LogP contribution in [0.2, 0.25) is 0 Å². The van der Waals surface area contributed by atoms with E-state index in [1.807, 2.05) is 30.3 Å². The lowest BCUT2D eigenvalue weighted by Crippen LogP contribution is -2.23. The topological polar surface area (TPSA) is 103 Å². The number of amides is 1. The number of rotatable bonds is 5. The first-order valence-electron chi connectivity index (χ1n) is 8.03. The third-order valence-corrected chi connectivity index (χ3v) is 3.85.